The molecule has 0 saturated heterocycles. The summed E-state index contributed by atoms with van der Waals surface area (Å²) in [6, 6.07) is 3.58. The predicted molar refractivity (Wildman–Crippen MR) is 55.9 cm³/mol. The first-order valence-electron chi connectivity index (χ1n) is 4.51. The number of aromatic nitrogens is 3. The molecule has 5 nitrogen and oxygen atoms in total. The highest BCUT2D eigenvalue weighted by Crippen LogP contribution is 2.03. The van der Waals surface area contributed by atoms with Gasteiger partial charge in [0.05, 0.1) is 11.4 Å². The summed E-state index contributed by atoms with van der Waals surface area (Å²) < 4.78 is 1.59. The molecule has 0 aliphatic heterocycles. The van der Waals surface area contributed by atoms with Gasteiger partial charge >= 0.3 is 7.12 Å². The van der Waals surface area contributed by atoms with Crippen LogP contribution in [-0.2, 0) is 0 Å². The fraction of sp³-hybridized carbons (Fsp3) is 0.111. The van der Waals surface area contributed by atoms with Gasteiger partial charge in [0.1, 0.15) is 0 Å². The van der Waals surface area contributed by atoms with E-state index < -0.39 is 7.12 Å². The standard InChI is InChI=1S/C9H10BN3O2/c1-7-9(10(14)15)6-13(12-7)8-2-4-11-5-3-8/h2-6,14-15H,1H3. The third kappa shape index (κ3) is 1.90. The first-order chi connectivity index (χ1) is 7.18. The van der Waals surface area contributed by atoms with E-state index in [9.17, 15) is 0 Å². The SMILES string of the molecule is Cc1nn(-c2ccncc2)cc1B(O)O. The fourth-order valence-corrected chi connectivity index (χ4v) is 1.36. The van der Waals surface area contributed by atoms with E-state index in [1.54, 1.807) is 42.3 Å². The molecule has 2 rings (SSSR count). The zero-order chi connectivity index (χ0) is 10.8. The summed E-state index contributed by atoms with van der Waals surface area (Å²) in [5, 5.41) is 22.3. The maximum absolute atomic E-state index is 9.05. The molecule has 0 radical (unpaired) electrons. The molecular weight excluding hydrogens is 193 g/mol. The van der Waals surface area contributed by atoms with Crippen LogP contribution in [0, 0.1) is 6.92 Å². The predicted octanol–water partition coefficient (Wildman–Crippen LogP) is -0.744. The van der Waals surface area contributed by atoms with Crippen LogP contribution < -0.4 is 5.46 Å². The van der Waals surface area contributed by atoms with Crippen molar-refractivity contribution in [3.63, 3.8) is 0 Å². The first-order valence-corrected chi connectivity index (χ1v) is 4.51. The van der Waals surface area contributed by atoms with Gasteiger partial charge in [-0.15, -0.1) is 0 Å². The minimum Gasteiger partial charge on any atom is -0.423 e. The van der Waals surface area contributed by atoms with Gasteiger partial charge in [0, 0.05) is 24.1 Å². The van der Waals surface area contributed by atoms with Crippen molar-refractivity contribution < 1.29 is 10.0 Å². The summed E-state index contributed by atoms with van der Waals surface area (Å²) in [5.74, 6) is 0. The van der Waals surface area contributed by atoms with Crippen molar-refractivity contribution in [1.82, 2.24) is 14.8 Å². The van der Waals surface area contributed by atoms with Crippen LogP contribution in [0.1, 0.15) is 5.69 Å². The number of aryl methyl sites for hydroxylation is 1. The van der Waals surface area contributed by atoms with Gasteiger partial charge in [-0.1, -0.05) is 0 Å². The molecule has 0 fully saturated rings. The van der Waals surface area contributed by atoms with Gasteiger partial charge in [-0.3, -0.25) is 4.98 Å². The smallest absolute Gasteiger partial charge is 0.423 e. The fourth-order valence-electron chi connectivity index (χ4n) is 1.36. The van der Waals surface area contributed by atoms with Gasteiger partial charge in [-0.25, -0.2) is 4.68 Å². The second-order valence-corrected chi connectivity index (χ2v) is 3.19. The Hall–Kier alpha value is -1.66. The van der Waals surface area contributed by atoms with Gasteiger partial charge in [-0.05, 0) is 19.1 Å². The van der Waals surface area contributed by atoms with Crippen molar-refractivity contribution in [2.75, 3.05) is 0 Å². The molecular formula is C9H10BN3O2. The number of nitrogens with zero attached hydrogens (tertiary/aromatic N) is 3. The Kier molecular flexibility index (Phi) is 2.53. The Morgan fingerprint density at radius 2 is 1.93 bits per heavy atom. The van der Waals surface area contributed by atoms with Crippen LogP contribution >= 0.6 is 0 Å². The average molecular weight is 203 g/mol. The van der Waals surface area contributed by atoms with Crippen LogP contribution in [0.15, 0.2) is 30.7 Å². The molecule has 0 amide bonds. The highest BCUT2D eigenvalue weighted by molar-refractivity contribution is 6.59. The summed E-state index contributed by atoms with van der Waals surface area (Å²) in [7, 11) is -1.49. The first kappa shape index (κ1) is 9.88. The van der Waals surface area contributed by atoms with E-state index in [4.69, 9.17) is 10.0 Å². The summed E-state index contributed by atoms with van der Waals surface area (Å²) in [6.07, 6.45) is 4.90. The van der Waals surface area contributed by atoms with Crippen LogP contribution in [0.4, 0.5) is 0 Å². The molecule has 0 spiro atoms. The molecule has 0 aliphatic rings. The molecule has 2 heterocycles. The maximum atomic E-state index is 9.05. The van der Waals surface area contributed by atoms with Gasteiger partial charge in [-0.2, -0.15) is 5.10 Å². The van der Waals surface area contributed by atoms with Crippen LogP contribution in [0.5, 0.6) is 0 Å². The van der Waals surface area contributed by atoms with Crippen molar-refractivity contribution >= 4 is 12.6 Å². The van der Waals surface area contributed by atoms with Gasteiger partial charge in [0.25, 0.3) is 0 Å². The van der Waals surface area contributed by atoms with E-state index in [-0.39, 0.29) is 0 Å². The lowest BCUT2D eigenvalue weighted by atomic mass is 9.81. The van der Waals surface area contributed by atoms with Crippen molar-refractivity contribution in [2.24, 2.45) is 0 Å². The Morgan fingerprint density at radius 1 is 1.27 bits per heavy atom. The van der Waals surface area contributed by atoms with Crippen molar-refractivity contribution in [3.05, 3.63) is 36.4 Å². The van der Waals surface area contributed by atoms with E-state index in [0.717, 1.165) is 5.69 Å². The lowest BCUT2D eigenvalue weighted by Crippen LogP contribution is -2.30. The van der Waals surface area contributed by atoms with Crippen molar-refractivity contribution in [3.8, 4) is 5.69 Å². The molecule has 76 valence electrons. The molecule has 2 aromatic rings. The minimum atomic E-state index is -1.49. The van der Waals surface area contributed by atoms with E-state index in [1.165, 1.54) is 0 Å². The molecule has 2 aromatic heterocycles. The van der Waals surface area contributed by atoms with E-state index in [1.807, 2.05) is 0 Å². The van der Waals surface area contributed by atoms with E-state index in [0.29, 0.717) is 11.2 Å². The molecule has 0 aromatic carbocycles. The third-order valence-corrected chi connectivity index (χ3v) is 2.14. The van der Waals surface area contributed by atoms with Crippen molar-refractivity contribution in [2.45, 2.75) is 6.92 Å². The number of pyridine rings is 1. The maximum Gasteiger partial charge on any atom is 0.491 e. The minimum absolute atomic E-state index is 0.409. The van der Waals surface area contributed by atoms with Crippen LogP contribution in [-0.4, -0.2) is 31.9 Å². The summed E-state index contributed by atoms with van der Waals surface area (Å²) in [6.45, 7) is 1.73. The largest absolute Gasteiger partial charge is 0.491 e. The highest BCUT2D eigenvalue weighted by atomic mass is 16.4. The zero-order valence-electron chi connectivity index (χ0n) is 8.20. The lowest BCUT2D eigenvalue weighted by Gasteiger charge is -1.98. The second-order valence-electron chi connectivity index (χ2n) is 3.19. The molecule has 15 heavy (non-hydrogen) atoms. The van der Waals surface area contributed by atoms with E-state index >= 15 is 0 Å². The Morgan fingerprint density at radius 3 is 2.47 bits per heavy atom. The van der Waals surface area contributed by atoms with E-state index in [2.05, 4.69) is 10.1 Å². The van der Waals surface area contributed by atoms with Crippen molar-refractivity contribution in [1.29, 1.82) is 0 Å². The molecule has 0 atom stereocenters. The van der Waals surface area contributed by atoms with Gasteiger partial charge in [0.2, 0.25) is 0 Å². The molecule has 6 heteroatoms. The van der Waals surface area contributed by atoms with Gasteiger partial charge in [0.15, 0.2) is 0 Å². The number of hydrogen-bond acceptors (Lipinski definition) is 4. The third-order valence-electron chi connectivity index (χ3n) is 2.14. The molecule has 2 N–H and O–H groups in total. The Labute approximate surface area is 87.2 Å². The van der Waals surface area contributed by atoms with Crippen LogP contribution in [0.3, 0.4) is 0 Å². The number of rotatable bonds is 2. The lowest BCUT2D eigenvalue weighted by molar-refractivity contribution is 0.425. The summed E-state index contributed by atoms with van der Waals surface area (Å²) >= 11 is 0. The monoisotopic (exact) mass is 203 g/mol. The molecule has 0 aliphatic carbocycles. The highest BCUT2D eigenvalue weighted by Gasteiger charge is 2.17. The normalized spacial score (nSPS) is 10.3. The summed E-state index contributed by atoms with van der Waals surface area (Å²) in [4.78, 5) is 3.90. The topological polar surface area (TPSA) is 71.2 Å². The summed E-state index contributed by atoms with van der Waals surface area (Å²) in [5.41, 5.74) is 1.84. The molecule has 0 saturated carbocycles. The van der Waals surface area contributed by atoms with Crippen LogP contribution in [0.2, 0.25) is 0 Å². The van der Waals surface area contributed by atoms with Crippen LogP contribution in [0.25, 0.3) is 5.69 Å². The second kappa shape index (κ2) is 3.84. The molecule has 0 unspecified atom stereocenters. The van der Waals surface area contributed by atoms with Gasteiger partial charge < -0.3 is 10.0 Å². The Bertz CT molecular complexity index is 456. The zero-order valence-corrected chi connectivity index (χ0v) is 8.20. The molecule has 0 bridgehead atoms. The quantitative estimate of drug-likeness (QED) is 0.630. The number of hydrogen-bond donors (Lipinski definition) is 2. The Balaban J connectivity index is 2.43. The average Bonchev–Trinajstić information content (AvgIpc) is 2.62.